The number of ketones is 1. The van der Waals surface area contributed by atoms with Gasteiger partial charge in [0.05, 0.1) is 14.2 Å². The number of carbonyl (C=O) groups excluding carboxylic acids is 1. The van der Waals surface area contributed by atoms with E-state index in [9.17, 15) is 4.79 Å². The molecule has 0 unspecified atom stereocenters. The topological polar surface area (TPSA) is 35.5 Å². The zero-order valence-electron chi connectivity index (χ0n) is 12.3. The second-order valence-electron chi connectivity index (χ2n) is 4.64. The zero-order valence-corrected chi connectivity index (χ0v) is 12.3. The van der Waals surface area contributed by atoms with Gasteiger partial charge in [0, 0.05) is 17.6 Å². The molecule has 3 nitrogen and oxygen atoms in total. The highest BCUT2D eigenvalue weighted by Gasteiger charge is 2.24. The minimum atomic E-state index is 0.00897. The normalized spacial score (nSPS) is 16.3. The third-order valence-corrected chi connectivity index (χ3v) is 3.46. The molecule has 2 rings (SSSR count). The van der Waals surface area contributed by atoms with Crippen molar-refractivity contribution in [1.29, 1.82) is 0 Å². The van der Waals surface area contributed by atoms with Gasteiger partial charge in [-0.25, -0.2) is 0 Å². The Morgan fingerprint density at radius 2 is 1.81 bits per heavy atom. The molecular weight excluding hydrogens is 264 g/mol. The van der Waals surface area contributed by atoms with Crippen LogP contribution in [0.25, 0.3) is 6.08 Å². The van der Waals surface area contributed by atoms with Crippen molar-refractivity contribution >= 4 is 11.9 Å². The second kappa shape index (κ2) is 6.27. The first-order valence-corrected chi connectivity index (χ1v) is 6.60. The molecule has 0 fully saturated rings. The average Bonchev–Trinajstić information content (AvgIpc) is 2.82. The summed E-state index contributed by atoms with van der Waals surface area (Å²) in [6.07, 6.45) is 5.75. The Kier molecular flexibility index (Phi) is 4.43. The quantitative estimate of drug-likeness (QED) is 0.772. The van der Waals surface area contributed by atoms with E-state index in [1.165, 1.54) is 0 Å². The smallest absolute Gasteiger partial charge is 0.189 e. The summed E-state index contributed by atoms with van der Waals surface area (Å²) in [5.41, 5.74) is 3.18. The van der Waals surface area contributed by atoms with Crippen LogP contribution >= 0.6 is 0 Å². The van der Waals surface area contributed by atoms with Crippen LogP contribution in [0.15, 0.2) is 60.2 Å². The van der Waals surface area contributed by atoms with Crippen molar-refractivity contribution in [3.05, 3.63) is 65.8 Å². The fraction of sp³-hybridized carbons (Fsp3) is 0.167. The van der Waals surface area contributed by atoms with Crippen molar-refractivity contribution in [2.45, 2.75) is 6.42 Å². The highest BCUT2D eigenvalue weighted by Crippen LogP contribution is 2.33. The van der Waals surface area contributed by atoms with Crippen molar-refractivity contribution < 1.29 is 14.3 Å². The van der Waals surface area contributed by atoms with Crippen LogP contribution in [-0.2, 0) is 4.79 Å². The van der Waals surface area contributed by atoms with E-state index in [4.69, 9.17) is 9.47 Å². The van der Waals surface area contributed by atoms with E-state index in [0.29, 0.717) is 23.5 Å². The third kappa shape index (κ3) is 2.82. The second-order valence-corrected chi connectivity index (χ2v) is 4.64. The van der Waals surface area contributed by atoms with Crippen molar-refractivity contribution in [1.82, 2.24) is 0 Å². The Bertz CT molecular complexity index is 663. The van der Waals surface area contributed by atoms with E-state index in [1.807, 2.05) is 24.3 Å². The summed E-state index contributed by atoms with van der Waals surface area (Å²) in [6, 6.07) is 5.56. The van der Waals surface area contributed by atoms with Crippen molar-refractivity contribution in [3.63, 3.8) is 0 Å². The Labute approximate surface area is 124 Å². The largest absolute Gasteiger partial charge is 0.493 e. The first-order chi connectivity index (χ1) is 10.1. The summed E-state index contributed by atoms with van der Waals surface area (Å²) in [5, 5.41) is 0. The molecule has 0 N–H and O–H groups in total. The predicted molar refractivity (Wildman–Crippen MR) is 84.6 cm³/mol. The van der Waals surface area contributed by atoms with Gasteiger partial charge in [0.25, 0.3) is 0 Å². The molecule has 0 saturated heterocycles. The fourth-order valence-electron chi connectivity index (χ4n) is 2.37. The summed E-state index contributed by atoms with van der Waals surface area (Å²) >= 11 is 0. The molecule has 0 saturated carbocycles. The van der Waals surface area contributed by atoms with Crippen LogP contribution in [0, 0.1) is 0 Å². The Hall–Kier alpha value is -2.55. The Morgan fingerprint density at radius 1 is 1.10 bits per heavy atom. The molecule has 21 heavy (non-hydrogen) atoms. The van der Waals surface area contributed by atoms with Crippen molar-refractivity contribution in [2.24, 2.45) is 0 Å². The molecule has 3 heteroatoms. The number of allylic oxidation sites excluding steroid dienone is 5. The van der Waals surface area contributed by atoms with Gasteiger partial charge in [0.1, 0.15) is 0 Å². The summed E-state index contributed by atoms with van der Waals surface area (Å²) < 4.78 is 10.5. The van der Waals surface area contributed by atoms with Crippen LogP contribution in [0.2, 0.25) is 0 Å². The highest BCUT2D eigenvalue weighted by molar-refractivity contribution is 6.16. The third-order valence-electron chi connectivity index (χ3n) is 3.46. The molecule has 1 aromatic carbocycles. The lowest BCUT2D eigenvalue weighted by atomic mass is 10.1. The van der Waals surface area contributed by atoms with Gasteiger partial charge in [0.2, 0.25) is 0 Å². The van der Waals surface area contributed by atoms with Gasteiger partial charge < -0.3 is 9.47 Å². The van der Waals surface area contributed by atoms with E-state index in [2.05, 4.69) is 13.2 Å². The molecule has 0 aliphatic heterocycles. The van der Waals surface area contributed by atoms with Crippen LogP contribution in [0.3, 0.4) is 0 Å². The maximum absolute atomic E-state index is 12.3. The number of hydrogen-bond donors (Lipinski definition) is 0. The lowest BCUT2D eigenvalue weighted by molar-refractivity contribution is -0.111. The first kappa shape index (κ1) is 14.9. The molecule has 108 valence electrons. The molecule has 0 heterocycles. The van der Waals surface area contributed by atoms with Gasteiger partial charge >= 0.3 is 0 Å². The van der Waals surface area contributed by atoms with E-state index in [-0.39, 0.29) is 5.78 Å². The number of hydrogen-bond acceptors (Lipinski definition) is 3. The number of Topliss-reactive ketones (excluding diaryl/α,β-unsaturated/α-hetero) is 1. The minimum absolute atomic E-state index is 0.00897. The summed E-state index contributed by atoms with van der Waals surface area (Å²) in [4.78, 5) is 12.3. The van der Waals surface area contributed by atoms with Crippen molar-refractivity contribution in [3.8, 4) is 11.5 Å². The molecular formula is C18H18O3. The fourth-order valence-corrected chi connectivity index (χ4v) is 2.37. The van der Waals surface area contributed by atoms with Gasteiger partial charge in [-0.1, -0.05) is 31.4 Å². The van der Waals surface area contributed by atoms with Crippen LogP contribution in [-0.4, -0.2) is 20.0 Å². The predicted octanol–water partition coefficient (Wildman–Crippen LogP) is 3.73. The molecule has 0 aromatic heterocycles. The molecule has 1 aliphatic rings. The van der Waals surface area contributed by atoms with Gasteiger partial charge in [-0.05, 0) is 29.3 Å². The maximum Gasteiger partial charge on any atom is 0.189 e. The Balaban J connectivity index is 2.36. The first-order valence-electron chi connectivity index (χ1n) is 6.60. The number of methoxy groups -OCH3 is 2. The maximum atomic E-state index is 12.3. The molecule has 0 spiro atoms. The lowest BCUT2D eigenvalue weighted by Crippen LogP contribution is -1.97. The molecule has 0 radical (unpaired) electrons. The monoisotopic (exact) mass is 282 g/mol. The molecule has 1 aliphatic carbocycles. The molecule has 1 aromatic rings. The Morgan fingerprint density at radius 3 is 2.33 bits per heavy atom. The van der Waals surface area contributed by atoms with Crippen LogP contribution in [0.5, 0.6) is 11.5 Å². The zero-order chi connectivity index (χ0) is 15.4. The number of rotatable bonds is 5. The van der Waals surface area contributed by atoms with E-state index >= 15 is 0 Å². The van der Waals surface area contributed by atoms with E-state index in [0.717, 1.165) is 16.7 Å². The molecule has 0 amide bonds. The highest BCUT2D eigenvalue weighted by atomic mass is 16.5. The van der Waals surface area contributed by atoms with Gasteiger partial charge in [-0.2, -0.15) is 0 Å². The summed E-state index contributed by atoms with van der Waals surface area (Å²) in [7, 11) is 3.18. The number of carbonyl (C=O) groups is 1. The standard InChI is InChI=1S/C18H18O3/c1-5-13-11-14(18(19)15(13)6-2)9-12-7-8-16(20-3)17(10-12)21-4/h5-10H,1-2,11H2,3-4H3/b14-9+. The van der Waals surface area contributed by atoms with E-state index in [1.54, 1.807) is 26.4 Å². The lowest BCUT2D eigenvalue weighted by Gasteiger charge is -2.08. The summed E-state index contributed by atoms with van der Waals surface area (Å²) in [5.74, 6) is 1.31. The molecule has 0 atom stereocenters. The molecule has 0 bridgehead atoms. The number of ether oxygens (including phenoxy) is 2. The summed E-state index contributed by atoms with van der Waals surface area (Å²) in [6.45, 7) is 7.44. The average molecular weight is 282 g/mol. The number of benzene rings is 1. The van der Waals surface area contributed by atoms with Crippen LogP contribution < -0.4 is 9.47 Å². The van der Waals surface area contributed by atoms with Gasteiger partial charge in [-0.3, -0.25) is 4.79 Å². The van der Waals surface area contributed by atoms with Crippen molar-refractivity contribution in [2.75, 3.05) is 14.2 Å². The van der Waals surface area contributed by atoms with Gasteiger partial charge in [-0.15, -0.1) is 0 Å². The van der Waals surface area contributed by atoms with Crippen LogP contribution in [0.4, 0.5) is 0 Å². The van der Waals surface area contributed by atoms with E-state index < -0.39 is 0 Å². The minimum Gasteiger partial charge on any atom is -0.493 e. The van der Waals surface area contributed by atoms with Gasteiger partial charge in [0.15, 0.2) is 17.3 Å². The van der Waals surface area contributed by atoms with Crippen LogP contribution in [0.1, 0.15) is 12.0 Å². The SMILES string of the molecule is C=CC1=C(C=C)C(=O)/C(=C/c2ccc(OC)c(OC)c2)C1.